The quantitative estimate of drug-likeness (QED) is 0.744. The number of aromatic nitrogens is 2. The molecular weight excluding hydrogens is 362 g/mol. The molecule has 2 aromatic heterocycles. The molecule has 140 valence electrons. The predicted molar refractivity (Wildman–Crippen MR) is 106 cm³/mol. The summed E-state index contributed by atoms with van der Waals surface area (Å²) in [6.45, 7) is 3.41. The number of rotatable bonds is 4. The Morgan fingerprint density at radius 1 is 1.22 bits per heavy atom. The van der Waals surface area contributed by atoms with Gasteiger partial charge in [-0.05, 0) is 55.9 Å². The number of thiophene rings is 1. The lowest BCUT2D eigenvalue weighted by Gasteiger charge is -2.13. The van der Waals surface area contributed by atoms with Crippen LogP contribution in [0.1, 0.15) is 35.8 Å². The van der Waals surface area contributed by atoms with E-state index >= 15 is 0 Å². The van der Waals surface area contributed by atoms with Crippen LogP contribution in [0.5, 0.6) is 11.5 Å². The van der Waals surface area contributed by atoms with E-state index in [1.165, 1.54) is 16.9 Å². The van der Waals surface area contributed by atoms with Gasteiger partial charge >= 0.3 is 0 Å². The first-order valence-electron chi connectivity index (χ1n) is 9.42. The fourth-order valence-electron chi connectivity index (χ4n) is 3.90. The lowest BCUT2D eigenvalue weighted by Crippen LogP contribution is -2.24. The van der Waals surface area contributed by atoms with Crippen LogP contribution in [0.15, 0.2) is 23.0 Å². The highest BCUT2D eigenvalue weighted by molar-refractivity contribution is 7.18. The maximum Gasteiger partial charge on any atom is 0.263 e. The van der Waals surface area contributed by atoms with Crippen LogP contribution in [-0.4, -0.2) is 16.3 Å². The summed E-state index contributed by atoms with van der Waals surface area (Å²) < 4.78 is 12.5. The first-order valence-corrected chi connectivity index (χ1v) is 10.2. The highest BCUT2D eigenvalue weighted by Gasteiger charge is 2.21. The highest BCUT2D eigenvalue weighted by atomic mass is 32.1. The van der Waals surface area contributed by atoms with Crippen molar-refractivity contribution in [3.8, 4) is 11.5 Å². The molecule has 7 heteroatoms. The molecule has 1 aromatic carbocycles. The van der Waals surface area contributed by atoms with Crippen LogP contribution in [0.2, 0.25) is 0 Å². The van der Waals surface area contributed by atoms with E-state index in [-0.39, 0.29) is 12.4 Å². The number of nitrogens with one attached hydrogen (secondary N) is 1. The summed E-state index contributed by atoms with van der Waals surface area (Å²) in [7, 11) is 0. The van der Waals surface area contributed by atoms with E-state index in [4.69, 9.17) is 14.5 Å². The number of fused-ring (bicyclic) bond motifs is 4. The molecule has 0 fully saturated rings. The van der Waals surface area contributed by atoms with E-state index in [2.05, 4.69) is 5.32 Å². The molecule has 27 heavy (non-hydrogen) atoms. The zero-order valence-corrected chi connectivity index (χ0v) is 16.0. The number of ether oxygens (including phenoxy) is 2. The lowest BCUT2D eigenvalue weighted by atomic mass is 9.97. The van der Waals surface area contributed by atoms with E-state index in [0.29, 0.717) is 19.0 Å². The van der Waals surface area contributed by atoms with Crippen LogP contribution in [-0.2, 0) is 25.9 Å². The molecule has 0 radical (unpaired) electrons. The number of hydrogen-bond acceptors (Lipinski definition) is 6. The number of aryl methyl sites for hydroxylation is 2. The van der Waals surface area contributed by atoms with Crippen molar-refractivity contribution in [2.75, 3.05) is 12.1 Å². The molecule has 2 aliphatic rings. The van der Waals surface area contributed by atoms with E-state index < -0.39 is 0 Å². The molecule has 1 N–H and O–H groups in total. The molecule has 1 aliphatic carbocycles. The molecular formula is C20H21N3O3S. The Labute approximate surface area is 160 Å². The normalized spacial score (nSPS) is 15.1. The number of hydrogen-bond donors (Lipinski definition) is 1. The average Bonchev–Trinajstić information content (AvgIpc) is 3.30. The van der Waals surface area contributed by atoms with Crippen LogP contribution >= 0.6 is 11.3 Å². The van der Waals surface area contributed by atoms with Gasteiger partial charge in [0.25, 0.3) is 5.56 Å². The smallest absolute Gasteiger partial charge is 0.263 e. The van der Waals surface area contributed by atoms with Gasteiger partial charge in [-0.1, -0.05) is 6.07 Å². The Balaban J connectivity index is 1.50. The largest absolute Gasteiger partial charge is 0.454 e. The van der Waals surface area contributed by atoms with E-state index in [0.717, 1.165) is 46.5 Å². The molecule has 0 unspecified atom stereocenters. The molecule has 0 amide bonds. The highest BCUT2D eigenvalue weighted by Crippen LogP contribution is 2.35. The van der Waals surface area contributed by atoms with Crippen molar-refractivity contribution in [2.24, 2.45) is 0 Å². The Hall–Kier alpha value is -2.54. The van der Waals surface area contributed by atoms with Crippen LogP contribution < -0.4 is 20.3 Å². The SMILES string of the molecule is CCn1c(NCc2ccc3c(c2)OCO3)nc2sc3c(c2c1=O)CCCC3. The molecule has 1 aliphatic heterocycles. The average molecular weight is 383 g/mol. The predicted octanol–water partition coefficient (Wildman–Crippen LogP) is 3.70. The van der Waals surface area contributed by atoms with Crippen molar-refractivity contribution in [3.63, 3.8) is 0 Å². The van der Waals surface area contributed by atoms with Gasteiger partial charge in [0.1, 0.15) is 4.83 Å². The maximum absolute atomic E-state index is 13.1. The molecule has 5 rings (SSSR count). The van der Waals surface area contributed by atoms with Gasteiger partial charge < -0.3 is 14.8 Å². The molecule has 0 spiro atoms. The molecule has 0 atom stereocenters. The second-order valence-electron chi connectivity index (χ2n) is 6.92. The van der Waals surface area contributed by atoms with Gasteiger partial charge in [0.2, 0.25) is 12.7 Å². The van der Waals surface area contributed by atoms with Crippen molar-refractivity contribution >= 4 is 27.5 Å². The lowest BCUT2D eigenvalue weighted by molar-refractivity contribution is 0.174. The third-order valence-corrected chi connectivity index (χ3v) is 6.46. The van der Waals surface area contributed by atoms with Crippen LogP contribution in [0.4, 0.5) is 5.95 Å². The van der Waals surface area contributed by atoms with Gasteiger partial charge in [0, 0.05) is 18.0 Å². The van der Waals surface area contributed by atoms with E-state index in [1.807, 2.05) is 25.1 Å². The number of benzene rings is 1. The fraction of sp³-hybridized carbons (Fsp3) is 0.400. The third kappa shape index (κ3) is 2.77. The van der Waals surface area contributed by atoms with E-state index in [1.54, 1.807) is 15.9 Å². The van der Waals surface area contributed by atoms with Crippen LogP contribution in [0, 0.1) is 0 Å². The van der Waals surface area contributed by atoms with Gasteiger partial charge in [0.05, 0.1) is 5.39 Å². The van der Waals surface area contributed by atoms with Crippen molar-refractivity contribution in [2.45, 2.75) is 45.7 Å². The Kier molecular flexibility index (Phi) is 4.04. The van der Waals surface area contributed by atoms with Crippen molar-refractivity contribution in [3.05, 3.63) is 44.6 Å². The summed E-state index contributed by atoms with van der Waals surface area (Å²) in [6.07, 6.45) is 4.44. The van der Waals surface area contributed by atoms with Crippen LogP contribution in [0.3, 0.4) is 0 Å². The standard InChI is InChI=1S/C20H21N3O3S/c1-2-23-19(24)17-13-5-3-4-6-16(13)27-18(17)22-20(23)21-10-12-7-8-14-15(9-12)26-11-25-14/h7-9H,2-6,10-11H2,1H3,(H,21,22). The Bertz CT molecular complexity index is 1090. The molecule has 3 aromatic rings. The van der Waals surface area contributed by atoms with Gasteiger partial charge in [0.15, 0.2) is 11.5 Å². The van der Waals surface area contributed by atoms with Crippen molar-refractivity contribution in [1.82, 2.24) is 9.55 Å². The molecule has 0 bridgehead atoms. The minimum absolute atomic E-state index is 0.0788. The minimum Gasteiger partial charge on any atom is -0.454 e. The monoisotopic (exact) mass is 383 g/mol. The first-order chi connectivity index (χ1) is 13.2. The summed E-state index contributed by atoms with van der Waals surface area (Å²) in [5, 5.41) is 4.19. The number of nitrogens with zero attached hydrogens (tertiary/aromatic N) is 2. The second kappa shape index (κ2) is 6.56. The second-order valence-corrected chi connectivity index (χ2v) is 8.00. The molecule has 6 nitrogen and oxygen atoms in total. The van der Waals surface area contributed by atoms with Crippen molar-refractivity contribution in [1.29, 1.82) is 0 Å². The van der Waals surface area contributed by atoms with Gasteiger partial charge in [-0.3, -0.25) is 9.36 Å². The summed E-state index contributed by atoms with van der Waals surface area (Å²) in [4.78, 5) is 20.2. The van der Waals surface area contributed by atoms with Crippen molar-refractivity contribution < 1.29 is 9.47 Å². The Morgan fingerprint density at radius 3 is 2.96 bits per heavy atom. The van der Waals surface area contributed by atoms with Gasteiger partial charge in [-0.2, -0.15) is 0 Å². The van der Waals surface area contributed by atoms with Gasteiger partial charge in [-0.25, -0.2) is 4.98 Å². The molecule has 3 heterocycles. The third-order valence-electron chi connectivity index (χ3n) is 5.28. The summed E-state index contributed by atoms with van der Waals surface area (Å²) in [5.74, 6) is 2.16. The molecule has 0 saturated heterocycles. The maximum atomic E-state index is 13.1. The fourth-order valence-corrected chi connectivity index (χ4v) is 5.15. The first kappa shape index (κ1) is 16.6. The Morgan fingerprint density at radius 2 is 2.07 bits per heavy atom. The number of anilines is 1. The van der Waals surface area contributed by atoms with Crippen LogP contribution in [0.25, 0.3) is 10.2 Å². The summed E-state index contributed by atoms with van der Waals surface area (Å²) in [5.41, 5.74) is 2.38. The summed E-state index contributed by atoms with van der Waals surface area (Å²) in [6, 6.07) is 5.87. The summed E-state index contributed by atoms with van der Waals surface area (Å²) >= 11 is 1.68. The topological polar surface area (TPSA) is 65.4 Å². The van der Waals surface area contributed by atoms with E-state index in [9.17, 15) is 4.79 Å². The zero-order valence-electron chi connectivity index (χ0n) is 15.2. The molecule has 0 saturated carbocycles. The minimum atomic E-state index is 0.0788. The van der Waals surface area contributed by atoms with Gasteiger partial charge in [-0.15, -0.1) is 11.3 Å². The zero-order chi connectivity index (χ0) is 18.4.